The molecule has 6 nitrogen and oxygen atoms in total. The first kappa shape index (κ1) is 20.6. The minimum Gasteiger partial charge on any atom is -0.369 e. The van der Waals surface area contributed by atoms with Crippen molar-refractivity contribution in [2.45, 2.75) is 30.3 Å². The highest BCUT2D eigenvalue weighted by Crippen LogP contribution is 2.36. The van der Waals surface area contributed by atoms with Crippen molar-refractivity contribution >= 4 is 24.1 Å². The van der Waals surface area contributed by atoms with Gasteiger partial charge in [0.1, 0.15) is 0 Å². The van der Waals surface area contributed by atoms with Gasteiger partial charge in [0, 0.05) is 16.7 Å². The fraction of sp³-hybridized carbons (Fsp3) is 0.267. The quantitative estimate of drug-likeness (QED) is 0.564. The Hall–Kier alpha value is -2.49. The number of hydrogen-bond donors (Lipinski definition) is 3. The molecule has 1 aromatic carbocycles. The lowest BCUT2D eigenvalue weighted by atomic mass is 10.1. The van der Waals surface area contributed by atoms with E-state index >= 15 is 0 Å². The average molecular weight is 374 g/mol. The third-order valence-electron chi connectivity index (χ3n) is 2.82. The third-order valence-corrected chi connectivity index (χ3v) is 3.56. The van der Waals surface area contributed by atoms with Gasteiger partial charge in [0.15, 0.2) is 0 Å². The van der Waals surface area contributed by atoms with Crippen LogP contribution in [0.3, 0.4) is 0 Å². The summed E-state index contributed by atoms with van der Waals surface area (Å²) in [5, 5.41) is 2.52. The maximum Gasteiger partial charge on any atom is 0.446 e. The molecule has 0 saturated heterocycles. The molecule has 0 aliphatic carbocycles. The Morgan fingerprint density at radius 3 is 2.36 bits per heavy atom. The second-order valence-corrected chi connectivity index (χ2v) is 6.03. The van der Waals surface area contributed by atoms with Gasteiger partial charge in [-0.15, -0.1) is 0 Å². The number of nitrogens with two attached hydrogens (primary N) is 1. The molecule has 0 unspecified atom stereocenters. The van der Waals surface area contributed by atoms with Crippen LogP contribution in [-0.2, 0) is 4.79 Å². The highest BCUT2D eigenvalue weighted by atomic mass is 32.2. The first-order chi connectivity index (χ1) is 11.6. The van der Waals surface area contributed by atoms with E-state index in [0.717, 1.165) is 5.56 Å². The summed E-state index contributed by atoms with van der Waals surface area (Å²) in [5.41, 5.74) is 2.11. The number of nitrogen functional groups attached to an aromatic ring is 1. The van der Waals surface area contributed by atoms with Gasteiger partial charge < -0.3 is 11.1 Å². The van der Waals surface area contributed by atoms with Crippen molar-refractivity contribution in [3.05, 3.63) is 51.9 Å². The molecule has 0 aliphatic heterocycles. The van der Waals surface area contributed by atoms with Crippen LogP contribution >= 0.6 is 11.8 Å². The fourth-order valence-electron chi connectivity index (χ4n) is 1.76. The Morgan fingerprint density at radius 1 is 1.32 bits per heavy atom. The van der Waals surface area contributed by atoms with Crippen molar-refractivity contribution in [1.82, 2.24) is 15.3 Å². The fourth-order valence-corrected chi connectivity index (χ4v) is 2.30. The number of nitrogens with one attached hydrogen (secondary N) is 2. The van der Waals surface area contributed by atoms with Crippen LogP contribution in [0.25, 0.3) is 0 Å². The summed E-state index contributed by atoms with van der Waals surface area (Å²) >= 11 is -0.155. The number of aryl methyl sites for hydroxylation is 1. The van der Waals surface area contributed by atoms with Crippen molar-refractivity contribution in [2.75, 3.05) is 5.73 Å². The molecule has 0 radical (unpaired) electrons. The number of aromatic amines is 1. The first-order valence-electron chi connectivity index (χ1n) is 6.99. The molecule has 1 atom stereocenters. The number of anilines is 1. The molecular weight excluding hydrogens is 357 g/mol. The van der Waals surface area contributed by atoms with Crippen molar-refractivity contribution in [3.8, 4) is 0 Å². The number of aromatic nitrogens is 2. The lowest BCUT2D eigenvalue weighted by molar-refractivity contribution is -0.110. The van der Waals surface area contributed by atoms with E-state index in [0.29, 0.717) is 12.1 Å². The number of amides is 1. The number of halogens is 3. The zero-order valence-corrected chi connectivity index (χ0v) is 14.2. The summed E-state index contributed by atoms with van der Waals surface area (Å²) in [7, 11) is 0. The van der Waals surface area contributed by atoms with Crippen LogP contribution < -0.4 is 16.6 Å². The molecule has 0 bridgehead atoms. The van der Waals surface area contributed by atoms with Gasteiger partial charge in [0.05, 0.1) is 6.04 Å². The predicted molar refractivity (Wildman–Crippen MR) is 90.0 cm³/mol. The van der Waals surface area contributed by atoms with E-state index in [1.54, 1.807) is 26.0 Å². The van der Waals surface area contributed by atoms with Crippen LogP contribution in [-0.4, -0.2) is 21.9 Å². The molecule has 136 valence electrons. The number of rotatable bonds is 4. The molecule has 0 spiro atoms. The van der Waals surface area contributed by atoms with Gasteiger partial charge in [-0.3, -0.25) is 14.6 Å². The Bertz CT molecular complexity index is 724. The second-order valence-electron chi connectivity index (χ2n) is 4.90. The summed E-state index contributed by atoms with van der Waals surface area (Å²) in [6.45, 7) is 3.46. The van der Waals surface area contributed by atoms with E-state index in [2.05, 4.69) is 15.3 Å². The number of carbonyl (C=O) groups excluding carboxylic acids is 1. The Labute approximate surface area is 146 Å². The van der Waals surface area contributed by atoms with E-state index in [9.17, 15) is 22.8 Å². The number of carbonyl (C=O) groups is 1. The largest absolute Gasteiger partial charge is 0.446 e. The lowest BCUT2D eigenvalue weighted by Gasteiger charge is -2.11. The van der Waals surface area contributed by atoms with Gasteiger partial charge in [-0.05, 0) is 43.3 Å². The van der Waals surface area contributed by atoms with Crippen molar-refractivity contribution < 1.29 is 18.0 Å². The topological polar surface area (TPSA) is 101 Å². The van der Waals surface area contributed by atoms with Crippen LogP contribution in [0.4, 0.5) is 19.1 Å². The molecule has 0 saturated carbocycles. The van der Waals surface area contributed by atoms with Crippen LogP contribution in [0.15, 0.2) is 40.0 Å². The minimum absolute atomic E-state index is 0.134. The minimum atomic E-state index is -4.27. The zero-order valence-electron chi connectivity index (χ0n) is 13.4. The molecular formula is C15H17F3N4O2S. The van der Waals surface area contributed by atoms with Gasteiger partial charge >= 0.3 is 5.51 Å². The molecule has 2 aromatic rings. The van der Waals surface area contributed by atoms with E-state index in [1.165, 1.54) is 18.2 Å². The summed E-state index contributed by atoms with van der Waals surface area (Å²) < 4.78 is 36.1. The van der Waals surface area contributed by atoms with Gasteiger partial charge in [-0.2, -0.15) is 13.2 Å². The Kier molecular flexibility index (Phi) is 7.49. The second kappa shape index (κ2) is 9.11. The molecule has 10 heteroatoms. The monoisotopic (exact) mass is 374 g/mol. The number of H-pyrrole nitrogens is 1. The van der Waals surface area contributed by atoms with Crippen molar-refractivity contribution in [2.24, 2.45) is 0 Å². The summed E-state index contributed by atoms with van der Waals surface area (Å²) in [4.78, 5) is 26.9. The first-order valence-corrected chi connectivity index (χ1v) is 7.81. The molecule has 25 heavy (non-hydrogen) atoms. The number of benzene rings is 1. The number of hydrogen-bond acceptors (Lipinski definition) is 5. The summed E-state index contributed by atoms with van der Waals surface area (Å²) in [5.74, 6) is 0.167. The van der Waals surface area contributed by atoms with Crippen LogP contribution in [0, 0.1) is 6.92 Å². The average Bonchev–Trinajstić information content (AvgIpc) is 2.45. The number of thioether (sulfide) groups is 1. The van der Waals surface area contributed by atoms with Gasteiger partial charge in [0.2, 0.25) is 12.4 Å². The van der Waals surface area contributed by atoms with E-state index in [1.807, 2.05) is 0 Å². The van der Waals surface area contributed by atoms with Crippen LogP contribution in [0.1, 0.15) is 24.2 Å². The standard InChI is InChI=1S/C10H10F3NOS.C5H7N3O/c1-7(14-6-15)8-2-4-9(5-3-8)16-10(11,12)13;1-3-2-4(9)8-5(6)7-3/h2-7H,1H3,(H,14,15);2H,1H3,(H3,6,7,8,9)/t7-;/m1./s1. The molecule has 1 heterocycles. The Balaban J connectivity index is 0.000000293. The van der Waals surface area contributed by atoms with Gasteiger partial charge in [-0.25, -0.2) is 4.98 Å². The number of nitrogens with zero attached hydrogens (tertiary/aromatic N) is 1. The van der Waals surface area contributed by atoms with E-state index in [-0.39, 0.29) is 34.2 Å². The Morgan fingerprint density at radius 2 is 1.92 bits per heavy atom. The van der Waals surface area contributed by atoms with Crippen molar-refractivity contribution in [1.29, 1.82) is 0 Å². The van der Waals surface area contributed by atoms with E-state index < -0.39 is 5.51 Å². The highest BCUT2D eigenvalue weighted by Gasteiger charge is 2.29. The molecule has 0 aliphatic rings. The van der Waals surface area contributed by atoms with Crippen LogP contribution in [0.5, 0.6) is 0 Å². The molecule has 4 N–H and O–H groups in total. The lowest BCUT2D eigenvalue weighted by Crippen LogP contribution is -2.15. The molecule has 2 rings (SSSR count). The molecule has 1 aromatic heterocycles. The number of alkyl halides is 3. The summed E-state index contributed by atoms with van der Waals surface area (Å²) in [6.07, 6.45) is 0.559. The van der Waals surface area contributed by atoms with Gasteiger partial charge in [0.25, 0.3) is 5.56 Å². The SMILES string of the molecule is C[C@@H](NC=O)c1ccc(SC(F)(F)F)cc1.Cc1cc(=O)[nH]c(N)n1. The third kappa shape index (κ3) is 8.25. The molecule has 1 amide bonds. The van der Waals surface area contributed by atoms with Crippen LogP contribution in [0.2, 0.25) is 0 Å². The normalized spacial score (nSPS) is 11.9. The van der Waals surface area contributed by atoms with E-state index in [4.69, 9.17) is 5.73 Å². The summed E-state index contributed by atoms with van der Waals surface area (Å²) in [6, 6.07) is 7.08. The zero-order chi connectivity index (χ0) is 19.0. The smallest absolute Gasteiger partial charge is 0.369 e. The van der Waals surface area contributed by atoms with Gasteiger partial charge in [-0.1, -0.05) is 12.1 Å². The van der Waals surface area contributed by atoms with Crippen molar-refractivity contribution in [3.63, 3.8) is 0 Å². The maximum absolute atomic E-state index is 12.0. The predicted octanol–water partition coefficient (Wildman–Crippen LogP) is 2.77. The molecule has 0 fully saturated rings. The maximum atomic E-state index is 12.0. The highest BCUT2D eigenvalue weighted by molar-refractivity contribution is 8.00.